The fourth-order valence-corrected chi connectivity index (χ4v) is 3.38. The van der Waals surface area contributed by atoms with Crippen molar-refractivity contribution in [3.8, 4) is 0 Å². The third-order valence-corrected chi connectivity index (χ3v) is 4.98. The summed E-state index contributed by atoms with van der Waals surface area (Å²) in [5.74, 6) is 4.66. The van der Waals surface area contributed by atoms with Gasteiger partial charge in [-0.15, -0.1) is 0 Å². The minimum atomic E-state index is -0.226. The predicted octanol–water partition coefficient (Wildman–Crippen LogP) is 5.38. The van der Waals surface area contributed by atoms with E-state index in [2.05, 4.69) is 39.9 Å². The van der Waals surface area contributed by atoms with Crippen LogP contribution in [0.1, 0.15) is 47.5 Å². The fourth-order valence-electron chi connectivity index (χ4n) is 3.38. The summed E-state index contributed by atoms with van der Waals surface area (Å²) in [6.45, 7) is 14.3. The van der Waals surface area contributed by atoms with Crippen molar-refractivity contribution in [2.75, 3.05) is 13.1 Å². The van der Waals surface area contributed by atoms with Gasteiger partial charge in [0.15, 0.2) is 0 Å². The number of nitrogens with one attached hydrogen (secondary N) is 1. The summed E-state index contributed by atoms with van der Waals surface area (Å²) in [6, 6.07) is 0. The molecule has 1 aliphatic rings. The van der Waals surface area contributed by atoms with E-state index in [-0.39, 0.29) is 22.6 Å². The van der Waals surface area contributed by atoms with Crippen LogP contribution in [0.2, 0.25) is 0 Å². The van der Waals surface area contributed by atoms with Crippen molar-refractivity contribution >= 4 is 19.4 Å². The van der Waals surface area contributed by atoms with Crippen LogP contribution in [-0.4, -0.2) is 13.1 Å². The Hall–Kier alpha value is 1.16. The van der Waals surface area contributed by atoms with Crippen LogP contribution in [-0.2, 0) is 15.1 Å². The first-order valence-electron chi connectivity index (χ1n) is 7.05. The summed E-state index contributed by atoms with van der Waals surface area (Å²) >= 11 is -0.226. The van der Waals surface area contributed by atoms with Crippen molar-refractivity contribution in [1.29, 1.82) is 0 Å². The first-order chi connectivity index (χ1) is 8.51. The molecule has 1 rings (SSSR count). The summed E-state index contributed by atoms with van der Waals surface area (Å²) in [7, 11) is 9.67. The molecule has 0 aliphatic heterocycles. The van der Waals surface area contributed by atoms with Crippen molar-refractivity contribution < 1.29 is 15.1 Å². The average Bonchev–Trinajstić information content (AvgIpc) is 2.52. The second kappa shape index (κ2) is 12.9. The monoisotopic (exact) mass is 399 g/mol. The van der Waals surface area contributed by atoms with Crippen LogP contribution in [0.15, 0.2) is 0 Å². The molecule has 4 unspecified atom stereocenters. The van der Waals surface area contributed by atoms with Gasteiger partial charge in [-0.1, -0.05) is 34.6 Å². The van der Waals surface area contributed by atoms with Gasteiger partial charge < -0.3 is 12.7 Å². The van der Waals surface area contributed by atoms with E-state index < -0.39 is 0 Å². The van der Waals surface area contributed by atoms with Gasteiger partial charge in [0.2, 0.25) is 0 Å². The average molecular weight is 400 g/mol. The molecule has 1 nitrogen and oxygen atoms in total. The molecular formula is C15H32Cl2NRh-. The Morgan fingerprint density at radius 1 is 0.947 bits per heavy atom. The molecule has 0 bridgehead atoms. The van der Waals surface area contributed by atoms with Gasteiger partial charge in [0.05, 0.1) is 0 Å². The SMILES string of the molecule is CCNCCCC1C(C)C(C)C(C)C1C.[CH3-].[Cl][Rh][Cl]. The van der Waals surface area contributed by atoms with Crippen LogP contribution in [0.5, 0.6) is 0 Å². The molecule has 0 aromatic rings. The number of halogens is 2. The zero-order valence-electron chi connectivity index (χ0n) is 13.3. The van der Waals surface area contributed by atoms with Crippen LogP contribution >= 0.6 is 19.4 Å². The second-order valence-electron chi connectivity index (χ2n) is 5.64. The van der Waals surface area contributed by atoms with Crippen molar-refractivity contribution in [2.45, 2.75) is 47.5 Å². The van der Waals surface area contributed by atoms with Crippen molar-refractivity contribution in [2.24, 2.45) is 29.6 Å². The first-order valence-corrected chi connectivity index (χ1v) is 11.3. The Balaban J connectivity index is 0. The Bertz CT molecular complexity index is 191. The van der Waals surface area contributed by atoms with Crippen LogP contribution in [0, 0.1) is 37.0 Å². The van der Waals surface area contributed by atoms with Gasteiger partial charge in [-0.05, 0) is 55.5 Å². The molecule has 0 amide bonds. The quantitative estimate of drug-likeness (QED) is 0.371. The molecule has 0 heterocycles. The van der Waals surface area contributed by atoms with E-state index in [4.69, 9.17) is 19.4 Å². The van der Waals surface area contributed by atoms with Gasteiger partial charge in [-0.3, -0.25) is 0 Å². The molecule has 0 aromatic carbocycles. The summed E-state index contributed by atoms with van der Waals surface area (Å²) < 4.78 is 0. The fraction of sp³-hybridized carbons (Fsp3) is 0.933. The van der Waals surface area contributed by atoms with Crippen molar-refractivity contribution in [3.63, 3.8) is 0 Å². The zero-order valence-corrected chi connectivity index (χ0v) is 16.5. The third-order valence-electron chi connectivity index (χ3n) is 4.98. The Morgan fingerprint density at radius 3 is 1.74 bits per heavy atom. The Morgan fingerprint density at radius 2 is 1.37 bits per heavy atom. The molecule has 4 heteroatoms. The molecule has 1 saturated carbocycles. The van der Waals surface area contributed by atoms with E-state index in [1.807, 2.05) is 0 Å². The van der Waals surface area contributed by atoms with Gasteiger partial charge >= 0.3 is 34.5 Å². The zero-order chi connectivity index (χ0) is 14.1. The van der Waals surface area contributed by atoms with E-state index in [0.29, 0.717) is 0 Å². The molecule has 0 radical (unpaired) electrons. The van der Waals surface area contributed by atoms with Crippen LogP contribution in [0.3, 0.4) is 0 Å². The Labute approximate surface area is 137 Å². The van der Waals surface area contributed by atoms with Crippen molar-refractivity contribution in [3.05, 3.63) is 7.43 Å². The maximum atomic E-state index is 4.83. The summed E-state index contributed by atoms with van der Waals surface area (Å²) in [5.41, 5.74) is 0. The first kappa shape index (κ1) is 22.4. The van der Waals surface area contributed by atoms with E-state index in [9.17, 15) is 0 Å². The normalized spacial score (nSPS) is 33.5. The molecule has 19 heavy (non-hydrogen) atoms. The molecule has 1 fully saturated rings. The van der Waals surface area contributed by atoms with Crippen molar-refractivity contribution in [1.82, 2.24) is 5.32 Å². The summed E-state index contributed by atoms with van der Waals surface area (Å²) in [6.07, 6.45) is 2.77. The summed E-state index contributed by atoms with van der Waals surface area (Å²) in [4.78, 5) is 0. The number of hydrogen-bond donors (Lipinski definition) is 1. The van der Waals surface area contributed by atoms with E-state index >= 15 is 0 Å². The van der Waals surface area contributed by atoms with E-state index in [1.165, 1.54) is 19.4 Å². The second-order valence-corrected chi connectivity index (χ2v) is 8.13. The van der Waals surface area contributed by atoms with Gasteiger partial charge in [0.1, 0.15) is 0 Å². The van der Waals surface area contributed by atoms with Crippen LogP contribution in [0.4, 0.5) is 0 Å². The molecule has 1 N–H and O–H groups in total. The molecular weight excluding hydrogens is 368 g/mol. The maximum absolute atomic E-state index is 4.83. The molecule has 4 atom stereocenters. The minimum absolute atomic E-state index is 0. The van der Waals surface area contributed by atoms with Crippen LogP contribution < -0.4 is 5.32 Å². The predicted molar refractivity (Wildman–Crippen MR) is 86.0 cm³/mol. The van der Waals surface area contributed by atoms with Gasteiger partial charge in [0, 0.05) is 0 Å². The molecule has 0 spiro atoms. The van der Waals surface area contributed by atoms with Crippen LogP contribution in [0.25, 0.3) is 0 Å². The molecule has 0 aromatic heterocycles. The van der Waals surface area contributed by atoms with E-state index in [0.717, 1.165) is 36.1 Å². The molecule has 1 aliphatic carbocycles. The Kier molecular flexibility index (Phi) is 15.2. The molecule has 0 saturated heterocycles. The number of rotatable bonds is 5. The standard InChI is InChI=1S/C14H29N.CH3.2ClH.Rh/c1-6-15-9-7-8-14-12(4)10(2)11(3)13(14)5;;;;/h10-15H,6-9H2,1-5H3;1H3;2*1H;/q;-1;;;+2/p-2. The topological polar surface area (TPSA) is 12.0 Å². The number of hydrogen-bond acceptors (Lipinski definition) is 1. The summed E-state index contributed by atoms with van der Waals surface area (Å²) in [5, 5.41) is 3.42. The van der Waals surface area contributed by atoms with E-state index in [1.54, 1.807) is 0 Å². The van der Waals surface area contributed by atoms with Gasteiger partial charge in [0.25, 0.3) is 0 Å². The van der Waals surface area contributed by atoms with Gasteiger partial charge in [-0.25, -0.2) is 0 Å². The molecule has 121 valence electrons. The van der Waals surface area contributed by atoms with Gasteiger partial charge in [-0.2, -0.15) is 0 Å². The third kappa shape index (κ3) is 7.65.